The second-order valence-corrected chi connectivity index (χ2v) is 3.06. The van der Waals surface area contributed by atoms with Crippen LogP contribution in [0.5, 0.6) is 0 Å². The fourth-order valence-electron chi connectivity index (χ4n) is 0.882. The maximum atomic E-state index is 5.13. The zero-order valence-electron chi connectivity index (χ0n) is 6.24. The third-order valence-corrected chi connectivity index (χ3v) is 2.18. The molecule has 0 unspecified atom stereocenters. The number of hydrazone groups is 1. The average molecular weight is 212 g/mol. The molecule has 1 rings (SSSR count). The Hall–Kier alpha value is -0.791. The van der Waals surface area contributed by atoms with E-state index >= 15 is 0 Å². The number of nitrogens with zero attached hydrogens (tertiary/aromatic N) is 1. The maximum absolute atomic E-state index is 5.13. The van der Waals surface area contributed by atoms with Crippen molar-refractivity contribution in [2.45, 2.75) is 6.92 Å². The minimum atomic E-state index is 0.753. The Kier molecular flexibility index (Phi) is 2.69. The average Bonchev–Trinajstić information content (AvgIpc) is 2.04. The number of nitrogens with two attached hydrogens (primary N) is 1. The Balaban J connectivity index is 3.14. The molecule has 1 aromatic rings. The van der Waals surface area contributed by atoms with Gasteiger partial charge >= 0.3 is 73.9 Å². The summed E-state index contributed by atoms with van der Waals surface area (Å²) >= 11 is 2.81. The third-order valence-electron chi connectivity index (χ3n) is 1.49. The van der Waals surface area contributed by atoms with Crippen LogP contribution in [0.15, 0.2) is 29.4 Å². The molecule has 0 aliphatic carbocycles. The fraction of sp³-hybridized carbons (Fsp3) is 0.125. The van der Waals surface area contributed by atoms with Gasteiger partial charge in [-0.05, 0) is 0 Å². The van der Waals surface area contributed by atoms with Gasteiger partial charge in [0.25, 0.3) is 0 Å². The normalized spacial score (nSPS) is 11.5. The summed E-state index contributed by atoms with van der Waals surface area (Å²) in [5, 5.41) is 3.58. The SMILES string of the molecule is Cc1ccccc1C([Se])=NN. The van der Waals surface area contributed by atoms with Crippen LogP contribution in [0.3, 0.4) is 0 Å². The summed E-state index contributed by atoms with van der Waals surface area (Å²) in [6, 6.07) is 7.96. The Morgan fingerprint density at radius 1 is 1.45 bits per heavy atom. The van der Waals surface area contributed by atoms with Crippen LogP contribution in [0, 0.1) is 6.92 Å². The number of aryl methyl sites for hydroxylation is 1. The molecule has 0 saturated heterocycles. The van der Waals surface area contributed by atoms with Crippen molar-refractivity contribution in [1.29, 1.82) is 0 Å². The topological polar surface area (TPSA) is 38.4 Å². The molecule has 2 nitrogen and oxygen atoms in total. The van der Waals surface area contributed by atoms with Crippen LogP contribution >= 0.6 is 0 Å². The van der Waals surface area contributed by atoms with Gasteiger partial charge in [-0.3, -0.25) is 0 Å². The number of hydrogen-bond donors (Lipinski definition) is 1. The van der Waals surface area contributed by atoms with E-state index in [1.54, 1.807) is 0 Å². The first kappa shape index (κ1) is 8.31. The van der Waals surface area contributed by atoms with Gasteiger partial charge in [-0.1, -0.05) is 0 Å². The Morgan fingerprint density at radius 3 is 2.64 bits per heavy atom. The molecule has 1 aromatic carbocycles. The van der Waals surface area contributed by atoms with Gasteiger partial charge in [0.15, 0.2) is 0 Å². The first-order chi connectivity index (χ1) is 5.25. The van der Waals surface area contributed by atoms with Crippen molar-refractivity contribution in [3.63, 3.8) is 0 Å². The van der Waals surface area contributed by atoms with Crippen molar-refractivity contribution in [3.8, 4) is 0 Å². The van der Waals surface area contributed by atoms with E-state index in [1.165, 1.54) is 5.56 Å². The van der Waals surface area contributed by atoms with E-state index in [4.69, 9.17) is 5.84 Å². The summed E-state index contributed by atoms with van der Waals surface area (Å²) in [4.78, 5) is 0. The summed E-state index contributed by atoms with van der Waals surface area (Å²) in [5.41, 5.74) is 2.24. The van der Waals surface area contributed by atoms with Gasteiger partial charge in [0.05, 0.1) is 0 Å². The Morgan fingerprint density at radius 2 is 2.09 bits per heavy atom. The van der Waals surface area contributed by atoms with E-state index < -0.39 is 0 Å². The van der Waals surface area contributed by atoms with Crippen molar-refractivity contribution in [2.75, 3.05) is 0 Å². The standard InChI is InChI=1S/C8H9N2Se/c1-6-4-2-3-5-7(6)8(11)10-9/h2-5H,9H2,1H3. The quantitative estimate of drug-likeness (QED) is 0.318. The van der Waals surface area contributed by atoms with Gasteiger partial charge in [0.1, 0.15) is 0 Å². The van der Waals surface area contributed by atoms with E-state index in [-0.39, 0.29) is 0 Å². The van der Waals surface area contributed by atoms with E-state index in [2.05, 4.69) is 21.1 Å². The molecule has 0 heterocycles. The van der Waals surface area contributed by atoms with Crippen LogP contribution < -0.4 is 5.84 Å². The van der Waals surface area contributed by atoms with E-state index in [0.29, 0.717) is 0 Å². The molecular weight excluding hydrogens is 203 g/mol. The number of hydrogen-bond acceptors (Lipinski definition) is 2. The van der Waals surface area contributed by atoms with Crippen LogP contribution in [-0.2, 0) is 0 Å². The van der Waals surface area contributed by atoms with Gasteiger partial charge in [-0.2, -0.15) is 0 Å². The van der Waals surface area contributed by atoms with Crippen LogP contribution in [0.2, 0.25) is 0 Å². The Labute approximate surface area is 74.3 Å². The third kappa shape index (κ3) is 1.82. The molecule has 11 heavy (non-hydrogen) atoms. The Bertz CT molecular complexity index is 281. The van der Waals surface area contributed by atoms with E-state index in [0.717, 1.165) is 10.2 Å². The first-order valence-electron chi connectivity index (χ1n) is 3.26. The van der Waals surface area contributed by atoms with Gasteiger partial charge in [-0.15, -0.1) is 0 Å². The molecule has 0 spiro atoms. The van der Waals surface area contributed by atoms with Crippen molar-refractivity contribution in [3.05, 3.63) is 35.4 Å². The zero-order valence-corrected chi connectivity index (χ0v) is 7.96. The molecule has 0 atom stereocenters. The molecule has 0 bridgehead atoms. The molecule has 3 heteroatoms. The number of rotatable bonds is 1. The summed E-state index contributed by atoms with van der Waals surface area (Å²) < 4.78 is 0.753. The van der Waals surface area contributed by atoms with Gasteiger partial charge in [-0.25, -0.2) is 0 Å². The first-order valence-corrected chi connectivity index (χ1v) is 4.12. The van der Waals surface area contributed by atoms with E-state index in [1.807, 2.05) is 31.2 Å². The molecule has 0 aliphatic rings. The van der Waals surface area contributed by atoms with Crippen molar-refractivity contribution in [2.24, 2.45) is 10.9 Å². The predicted octanol–water partition coefficient (Wildman–Crippen LogP) is 0.784. The van der Waals surface area contributed by atoms with Crippen LogP contribution in [0.4, 0.5) is 0 Å². The van der Waals surface area contributed by atoms with Crippen molar-refractivity contribution < 1.29 is 0 Å². The molecule has 0 aromatic heterocycles. The minimum absolute atomic E-state index is 0.753. The molecule has 1 radical (unpaired) electrons. The fourth-order valence-corrected chi connectivity index (χ4v) is 1.36. The molecule has 2 N–H and O–H groups in total. The van der Waals surface area contributed by atoms with E-state index in [9.17, 15) is 0 Å². The second kappa shape index (κ2) is 3.56. The second-order valence-electron chi connectivity index (χ2n) is 2.25. The molecular formula is C8H9N2Se. The van der Waals surface area contributed by atoms with Crippen LogP contribution in [-0.4, -0.2) is 20.6 Å². The zero-order chi connectivity index (χ0) is 8.27. The predicted molar refractivity (Wildman–Crippen MR) is 47.7 cm³/mol. The molecule has 0 fully saturated rings. The molecule has 0 amide bonds. The summed E-state index contributed by atoms with van der Waals surface area (Å²) in [7, 11) is 0. The van der Waals surface area contributed by atoms with Gasteiger partial charge < -0.3 is 0 Å². The summed E-state index contributed by atoms with van der Waals surface area (Å²) in [5.74, 6) is 5.13. The molecule has 0 saturated carbocycles. The van der Waals surface area contributed by atoms with Crippen LogP contribution in [0.1, 0.15) is 11.1 Å². The summed E-state index contributed by atoms with van der Waals surface area (Å²) in [6.45, 7) is 2.03. The van der Waals surface area contributed by atoms with Crippen molar-refractivity contribution >= 4 is 20.6 Å². The molecule has 0 aliphatic heterocycles. The number of benzene rings is 1. The molecule has 57 valence electrons. The van der Waals surface area contributed by atoms with Crippen molar-refractivity contribution in [1.82, 2.24) is 0 Å². The van der Waals surface area contributed by atoms with Gasteiger partial charge in [0, 0.05) is 0 Å². The van der Waals surface area contributed by atoms with Crippen LogP contribution in [0.25, 0.3) is 0 Å². The summed E-state index contributed by atoms with van der Waals surface area (Å²) in [6.07, 6.45) is 0. The monoisotopic (exact) mass is 213 g/mol. The van der Waals surface area contributed by atoms with Gasteiger partial charge in [0.2, 0.25) is 0 Å².